The molecule has 134 valence electrons. The molecule has 0 saturated heterocycles. The number of benzene rings is 2. The Labute approximate surface area is 151 Å². The molecule has 0 radical (unpaired) electrons. The second-order valence-corrected chi connectivity index (χ2v) is 5.99. The Morgan fingerprint density at radius 2 is 2.08 bits per heavy atom. The van der Waals surface area contributed by atoms with Crippen molar-refractivity contribution in [2.75, 3.05) is 19.8 Å². The first-order valence-corrected chi connectivity index (χ1v) is 8.66. The Kier molecular flexibility index (Phi) is 4.39. The van der Waals surface area contributed by atoms with Crippen molar-refractivity contribution in [1.82, 2.24) is 10.3 Å². The standard InChI is InChI=1S/C20H20N2O4/c1-2-24-15-7-6-13-10-17(22-16(13)11-15)20(23)21-12-14-4-3-5-18-19(14)26-9-8-25-18/h3-7,10-11,22H,2,8-9,12H2,1H3,(H,21,23). The Bertz CT molecular complexity index is 948. The molecule has 2 N–H and O–H groups in total. The fraction of sp³-hybridized carbons (Fsp3) is 0.250. The topological polar surface area (TPSA) is 72.6 Å². The maximum atomic E-state index is 12.5. The molecule has 6 heteroatoms. The molecule has 0 fully saturated rings. The van der Waals surface area contributed by atoms with Crippen molar-refractivity contribution in [2.45, 2.75) is 13.5 Å². The van der Waals surface area contributed by atoms with Crippen LogP contribution in [-0.2, 0) is 6.54 Å². The summed E-state index contributed by atoms with van der Waals surface area (Å²) in [5, 5.41) is 3.89. The third-order valence-corrected chi connectivity index (χ3v) is 4.24. The predicted octanol–water partition coefficient (Wildman–Crippen LogP) is 3.27. The Balaban J connectivity index is 1.49. The van der Waals surface area contributed by atoms with Crippen LogP contribution in [0.5, 0.6) is 17.2 Å². The van der Waals surface area contributed by atoms with E-state index in [-0.39, 0.29) is 5.91 Å². The van der Waals surface area contributed by atoms with Crippen LogP contribution in [0, 0.1) is 0 Å². The maximum absolute atomic E-state index is 12.5. The molecular formula is C20H20N2O4. The highest BCUT2D eigenvalue weighted by Gasteiger charge is 2.17. The molecule has 2 aromatic carbocycles. The normalized spacial score (nSPS) is 12.8. The summed E-state index contributed by atoms with van der Waals surface area (Å²) in [6.07, 6.45) is 0. The fourth-order valence-electron chi connectivity index (χ4n) is 3.03. The summed E-state index contributed by atoms with van der Waals surface area (Å²) in [5.41, 5.74) is 2.27. The molecule has 3 aromatic rings. The minimum absolute atomic E-state index is 0.173. The van der Waals surface area contributed by atoms with Gasteiger partial charge >= 0.3 is 0 Å². The van der Waals surface area contributed by atoms with Gasteiger partial charge in [0.2, 0.25) is 0 Å². The first kappa shape index (κ1) is 16.3. The lowest BCUT2D eigenvalue weighted by molar-refractivity contribution is 0.0945. The van der Waals surface area contributed by atoms with Crippen molar-refractivity contribution in [2.24, 2.45) is 0 Å². The Morgan fingerprint density at radius 3 is 2.96 bits per heavy atom. The monoisotopic (exact) mass is 352 g/mol. The first-order valence-electron chi connectivity index (χ1n) is 8.66. The van der Waals surface area contributed by atoms with Gasteiger partial charge in [-0.1, -0.05) is 12.1 Å². The molecule has 1 aliphatic rings. The largest absolute Gasteiger partial charge is 0.494 e. The highest BCUT2D eigenvalue weighted by molar-refractivity contribution is 5.98. The molecule has 6 nitrogen and oxygen atoms in total. The third-order valence-electron chi connectivity index (χ3n) is 4.24. The number of amides is 1. The number of ether oxygens (including phenoxy) is 3. The molecule has 4 rings (SSSR count). The van der Waals surface area contributed by atoms with Gasteiger partial charge in [0, 0.05) is 29.1 Å². The Hall–Kier alpha value is -3.15. The summed E-state index contributed by atoms with van der Waals surface area (Å²) < 4.78 is 16.7. The number of hydrogen-bond acceptors (Lipinski definition) is 4. The molecule has 0 saturated carbocycles. The SMILES string of the molecule is CCOc1ccc2cc(C(=O)NCc3cccc4c3OCCO4)[nH]c2c1. The van der Waals surface area contributed by atoms with Crippen LogP contribution < -0.4 is 19.5 Å². The summed E-state index contributed by atoms with van der Waals surface area (Å²) in [6.45, 7) is 3.97. The van der Waals surface area contributed by atoms with Gasteiger partial charge in [0.15, 0.2) is 11.5 Å². The number of aromatic amines is 1. The lowest BCUT2D eigenvalue weighted by Gasteiger charge is -2.21. The second kappa shape index (κ2) is 7.00. The van der Waals surface area contributed by atoms with E-state index in [0.717, 1.165) is 28.0 Å². The van der Waals surface area contributed by atoms with Gasteiger partial charge in [0.25, 0.3) is 5.91 Å². The quantitative estimate of drug-likeness (QED) is 0.739. The van der Waals surface area contributed by atoms with Crippen molar-refractivity contribution in [3.05, 3.63) is 53.7 Å². The van der Waals surface area contributed by atoms with Crippen LogP contribution in [0.4, 0.5) is 0 Å². The molecule has 0 aliphatic carbocycles. The highest BCUT2D eigenvalue weighted by atomic mass is 16.6. The molecule has 1 aliphatic heterocycles. The number of carbonyl (C=O) groups is 1. The number of carbonyl (C=O) groups excluding carboxylic acids is 1. The minimum Gasteiger partial charge on any atom is -0.494 e. The molecular weight excluding hydrogens is 332 g/mol. The summed E-state index contributed by atoms with van der Waals surface area (Å²) >= 11 is 0. The molecule has 0 bridgehead atoms. The second-order valence-electron chi connectivity index (χ2n) is 5.99. The number of para-hydroxylation sites is 1. The number of hydrogen-bond donors (Lipinski definition) is 2. The predicted molar refractivity (Wildman–Crippen MR) is 98.1 cm³/mol. The zero-order valence-electron chi connectivity index (χ0n) is 14.5. The fourth-order valence-corrected chi connectivity index (χ4v) is 3.03. The molecule has 1 amide bonds. The molecule has 2 heterocycles. The van der Waals surface area contributed by atoms with E-state index < -0.39 is 0 Å². The van der Waals surface area contributed by atoms with Crippen molar-refractivity contribution in [3.63, 3.8) is 0 Å². The molecule has 0 spiro atoms. The minimum atomic E-state index is -0.173. The van der Waals surface area contributed by atoms with Gasteiger partial charge in [-0.3, -0.25) is 4.79 Å². The average molecular weight is 352 g/mol. The average Bonchev–Trinajstić information content (AvgIpc) is 3.10. The van der Waals surface area contributed by atoms with Crippen molar-refractivity contribution >= 4 is 16.8 Å². The van der Waals surface area contributed by atoms with Crippen LogP contribution >= 0.6 is 0 Å². The summed E-state index contributed by atoms with van der Waals surface area (Å²) in [4.78, 5) is 15.7. The summed E-state index contributed by atoms with van der Waals surface area (Å²) in [5.74, 6) is 2.03. The number of nitrogens with one attached hydrogen (secondary N) is 2. The summed E-state index contributed by atoms with van der Waals surface area (Å²) in [6, 6.07) is 13.3. The maximum Gasteiger partial charge on any atom is 0.267 e. The van der Waals surface area contributed by atoms with Crippen molar-refractivity contribution in [1.29, 1.82) is 0 Å². The lowest BCUT2D eigenvalue weighted by Crippen LogP contribution is -2.24. The van der Waals surface area contributed by atoms with Crippen LogP contribution in [-0.4, -0.2) is 30.7 Å². The zero-order chi connectivity index (χ0) is 17.9. The van der Waals surface area contributed by atoms with Gasteiger partial charge in [-0.15, -0.1) is 0 Å². The van der Waals surface area contributed by atoms with Crippen LogP contribution in [0.3, 0.4) is 0 Å². The van der Waals surface area contributed by atoms with E-state index in [1.807, 2.05) is 49.4 Å². The van der Waals surface area contributed by atoms with Gasteiger partial charge in [0.05, 0.1) is 6.61 Å². The molecule has 26 heavy (non-hydrogen) atoms. The Morgan fingerprint density at radius 1 is 1.19 bits per heavy atom. The van der Waals surface area contributed by atoms with E-state index in [1.54, 1.807) is 0 Å². The smallest absolute Gasteiger partial charge is 0.267 e. The van der Waals surface area contributed by atoms with Gasteiger partial charge in [0.1, 0.15) is 24.7 Å². The van der Waals surface area contributed by atoms with Crippen LogP contribution in [0.2, 0.25) is 0 Å². The third kappa shape index (κ3) is 3.18. The van der Waals surface area contributed by atoms with E-state index in [9.17, 15) is 4.79 Å². The molecule has 0 unspecified atom stereocenters. The van der Waals surface area contributed by atoms with Crippen LogP contribution in [0.15, 0.2) is 42.5 Å². The van der Waals surface area contributed by atoms with Gasteiger partial charge < -0.3 is 24.5 Å². The van der Waals surface area contributed by atoms with Gasteiger partial charge in [-0.25, -0.2) is 0 Å². The van der Waals surface area contributed by atoms with E-state index in [0.29, 0.717) is 37.8 Å². The van der Waals surface area contributed by atoms with E-state index in [1.165, 1.54) is 0 Å². The number of rotatable bonds is 5. The molecule has 0 atom stereocenters. The van der Waals surface area contributed by atoms with E-state index >= 15 is 0 Å². The van der Waals surface area contributed by atoms with Gasteiger partial charge in [-0.05, 0) is 31.2 Å². The lowest BCUT2D eigenvalue weighted by atomic mass is 10.1. The van der Waals surface area contributed by atoms with E-state index in [2.05, 4.69) is 10.3 Å². The highest BCUT2D eigenvalue weighted by Crippen LogP contribution is 2.33. The van der Waals surface area contributed by atoms with E-state index in [4.69, 9.17) is 14.2 Å². The van der Waals surface area contributed by atoms with Crippen LogP contribution in [0.25, 0.3) is 10.9 Å². The van der Waals surface area contributed by atoms with Gasteiger partial charge in [-0.2, -0.15) is 0 Å². The number of H-pyrrole nitrogens is 1. The zero-order valence-corrected chi connectivity index (χ0v) is 14.5. The van der Waals surface area contributed by atoms with Crippen molar-refractivity contribution < 1.29 is 19.0 Å². The number of fused-ring (bicyclic) bond motifs is 2. The van der Waals surface area contributed by atoms with Crippen LogP contribution in [0.1, 0.15) is 23.0 Å². The van der Waals surface area contributed by atoms with Crippen molar-refractivity contribution in [3.8, 4) is 17.2 Å². The first-order chi connectivity index (χ1) is 12.7. The summed E-state index contributed by atoms with van der Waals surface area (Å²) in [7, 11) is 0. The number of aromatic nitrogens is 1. The molecule has 1 aromatic heterocycles.